The molecule has 2 aromatic heterocycles. The molecule has 0 saturated carbocycles. The molecule has 0 aromatic carbocycles. The van der Waals surface area contributed by atoms with E-state index in [1.807, 2.05) is 6.92 Å². The molecule has 66 valence electrons. The Labute approximate surface area is 74.6 Å². The van der Waals surface area contributed by atoms with E-state index in [0.717, 1.165) is 5.56 Å². The fraction of sp³-hybridized carbons (Fsp3) is 0.125. The Morgan fingerprint density at radius 1 is 1.31 bits per heavy atom. The third-order valence-corrected chi connectivity index (χ3v) is 1.73. The van der Waals surface area contributed by atoms with Gasteiger partial charge in [-0.05, 0) is 13.0 Å². The highest BCUT2D eigenvalue weighted by atomic mass is 16.5. The summed E-state index contributed by atoms with van der Waals surface area (Å²) in [4.78, 5) is 8.05. The van der Waals surface area contributed by atoms with E-state index < -0.39 is 0 Å². The van der Waals surface area contributed by atoms with Gasteiger partial charge in [0.25, 0.3) is 0 Å². The van der Waals surface area contributed by atoms with Crippen molar-refractivity contribution in [3.63, 3.8) is 0 Å². The van der Waals surface area contributed by atoms with Crippen molar-refractivity contribution in [3.05, 3.63) is 24.0 Å². The summed E-state index contributed by atoms with van der Waals surface area (Å²) in [7, 11) is 0. The fourth-order valence-corrected chi connectivity index (χ4v) is 0.973. The molecule has 0 radical (unpaired) electrons. The summed E-state index contributed by atoms with van der Waals surface area (Å²) >= 11 is 0. The number of aromatic nitrogens is 3. The molecule has 13 heavy (non-hydrogen) atoms. The van der Waals surface area contributed by atoms with Crippen molar-refractivity contribution in [3.8, 4) is 11.6 Å². The normalized spacial score (nSPS) is 10.2. The van der Waals surface area contributed by atoms with Gasteiger partial charge in [0.05, 0.1) is 0 Å². The van der Waals surface area contributed by atoms with E-state index in [1.165, 1.54) is 0 Å². The topological polar surface area (TPSA) is 77.8 Å². The van der Waals surface area contributed by atoms with Gasteiger partial charge in [0.15, 0.2) is 11.6 Å². The summed E-state index contributed by atoms with van der Waals surface area (Å²) in [5.41, 5.74) is 6.29. The molecule has 0 atom stereocenters. The maximum atomic E-state index is 5.52. The third kappa shape index (κ3) is 1.24. The van der Waals surface area contributed by atoms with Crippen molar-refractivity contribution < 1.29 is 4.52 Å². The van der Waals surface area contributed by atoms with Crippen molar-refractivity contribution in [1.82, 2.24) is 15.1 Å². The van der Waals surface area contributed by atoms with Crippen molar-refractivity contribution in [1.29, 1.82) is 0 Å². The Morgan fingerprint density at radius 2 is 2.00 bits per heavy atom. The fourth-order valence-electron chi connectivity index (χ4n) is 0.973. The molecule has 0 unspecified atom stereocenters. The average molecular weight is 176 g/mol. The van der Waals surface area contributed by atoms with Gasteiger partial charge in [0, 0.05) is 18.0 Å². The second-order valence-electron chi connectivity index (χ2n) is 2.59. The smallest absolute Gasteiger partial charge is 0.209 e. The minimum atomic E-state index is 0.377. The minimum Gasteiger partial charge on any atom is -0.381 e. The van der Waals surface area contributed by atoms with Crippen LogP contribution in [0.2, 0.25) is 0 Å². The quantitative estimate of drug-likeness (QED) is 0.701. The van der Waals surface area contributed by atoms with Crippen LogP contribution in [0.15, 0.2) is 23.0 Å². The molecular weight excluding hydrogens is 168 g/mol. The largest absolute Gasteiger partial charge is 0.381 e. The molecule has 0 aliphatic heterocycles. The maximum absolute atomic E-state index is 5.52. The van der Waals surface area contributed by atoms with Gasteiger partial charge >= 0.3 is 0 Å². The molecule has 0 fully saturated rings. The summed E-state index contributed by atoms with van der Waals surface area (Å²) in [6.45, 7) is 1.82. The van der Waals surface area contributed by atoms with Crippen molar-refractivity contribution in [2.24, 2.45) is 0 Å². The molecule has 2 heterocycles. The monoisotopic (exact) mass is 176 g/mol. The van der Waals surface area contributed by atoms with E-state index in [1.54, 1.807) is 18.5 Å². The van der Waals surface area contributed by atoms with Gasteiger partial charge in [-0.1, -0.05) is 5.16 Å². The molecule has 2 N–H and O–H groups in total. The van der Waals surface area contributed by atoms with E-state index in [4.69, 9.17) is 10.3 Å². The average Bonchev–Trinajstić information content (AvgIpc) is 2.49. The molecule has 5 heteroatoms. The number of nitrogens with zero attached hydrogens (tertiary/aromatic N) is 3. The van der Waals surface area contributed by atoms with Crippen LogP contribution in [0.3, 0.4) is 0 Å². The van der Waals surface area contributed by atoms with Crippen LogP contribution >= 0.6 is 0 Å². The first-order chi connectivity index (χ1) is 6.29. The third-order valence-electron chi connectivity index (χ3n) is 1.73. The summed E-state index contributed by atoms with van der Waals surface area (Å²) in [5, 5.41) is 3.62. The Kier molecular flexibility index (Phi) is 1.70. The molecule has 0 spiro atoms. The highest BCUT2D eigenvalue weighted by Gasteiger charge is 2.12. The Bertz CT molecular complexity index is 409. The van der Waals surface area contributed by atoms with Gasteiger partial charge in [0.2, 0.25) is 5.76 Å². The second-order valence-corrected chi connectivity index (χ2v) is 2.59. The summed E-state index contributed by atoms with van der Waals surface area (Å²) in [5.74, 6) is 1.41. The Balaban J connectivity index is 2.53. The molecule has 0 bridgehead atoms. The lowest BCUT2D eigenvalue weighted by Gasteiger charge is -1.92. The van der Waals surface area contributed by atoms with E-state index >= 15 is 0 Å². The minimum absolute atomic E-state index is 0.377. The Morgan fingerprint density at radius 3 is 2.54 bits per heavy atom. The molecule has 0 saturated heterocycles. The number of hydrogen-bond donors (Lipinski definition) is 1. The lowest BCUT2D eigenvalue weighted by molar-refractivity contribution is 0.432. The SMILES string of the molecule is Cc1c(N)noc1-c1ncccn1. The summed E-state index contributed by atoms with van der Waals surface area (Å²) in [6, 6.07) is 1.73. The van der Waals surface area contributed by atoms with Crippen LogP contribution in [0.1, 0.15) is 5.56 Å². The first-order valence-electron chi connectivity index (χ1n) is 3.78. The molecule has 2 rings (SSSR count). The maximum Gasteiger partial charge on any atom is 0.209 e. The predicted octanol–water partition coefficient (Wildman–Crippen LogP) is 1.02. The molecule has 5 nitrogen and oxygen atoms in total. The van der Waals surface area contributed by atoms with Crippen molar-refractivity contribution in [2.75, 3.05) is 5.73 Å². The van der Waals surface area contributed by atoms with E-state index in [0.29, 0.717) is 17.4 Å². The molecular formula is C8H8N4O. The number of nitrogens with two attached hydrogens (primary N) is 1. The molecule has 0 aliphatic carbocycles. The summed E-state index contributed by atoms with van der Waals surface area (Å²) in [6.07, 6.45) is 3.28. The van der Waals surface area contributed by atoms with Gasteiger partial charge in [-0.25, -0.2) is 9.97 Å². The number of nitrogen functional groups attached to an aromatic ring is 1. The number of anilines is 1. The highest BCUT2D eigenvalue weighted by molar-refractivity contribution is 5.58. The van der Waals surface area contributed by atoms with Gasteiger partial charge in [0.1, 0.15) is 0 Å². The molecule has 0 aliphatic rings. The van der Waals surface area contributed by atoms with E-state index in [9.17, 15) is 0 Å². The zero-order valence-electron chi connectivity index (χ0n) is 7.06. The van der Waals surface area contributed by atoms with E-state index in [-0.39, 0.29) is 0 Å². The zero-order chi connectivity index (χ0) is 9.26. The van der Waals surface area contributed by atoms with Crippen LogP contribution in [-0.4, -0.2) is 15.1 Å². The van der Waals surface area contributed by atoms with E-state index in [2.05, 4.69) is 15.1 Å². The molecule has 2 aromatic rings. The lowest BCUT2D eigenvalue weighted by atomic mass is 10.2. The zero-order valence-corrected chi connectivity index (χ0v) is 7.06. The second kappa shape index (κ2) is 2.85. The van der Waals surface area contributed by atoms with Crippen LogP contribution < -0.4 is 5.73 Å². The van der Waals surface area contributed by atoms with Gasteiger partial charge in [-0.2, -0.15) is 0 Å². The van der Waals surface area contributed by atoms with Crippen molar-refractivity contribution >= 4 is 5.82 Å². The lowest BCUT2D eigenvalue weighted by Crippen LogP contribution is -1.89. The van der Waals surface area contributed by atoms with Crippen LogP contribution in [0.5, 0.6) is 0 Å². The van der Waals surface area contributed by atoms with Gasteiger partial charge < -0.3 is 10.3 Å². The molecule has 0 amide bonds. The van der Waals surface area contributed by atoms with Crippen LogP contribution in [-0.2, 0) is 0 Å². The van der Waals surface area contributed by atoms with Gasteiger partial charge in [-0.3, -0.25) is 0 Å². The van der Waals surface area contributed by atoms with Crippen LogP contribution in [0.25, 0.3) is 11.6 Å². The predicted molar refractivity (Wildman–Crippen MR) is 46.7 cm³/mol. The van der Waals surface area contributed by atoms with Crippen LogP contribution in [0.4, 0.5) is 5.82 Å². The van der Waals surface area contributed by atoms with Crippen LogP contribution in [0, 0.1) is 6.92 Å². The standard InChI is InChI=1S/C8H8N4O/c1-5-6(13-12-7(5)9)8-10-3-2-4-11-8/h2-4H,1H3,(H2,9,12). The number of rotatable bonds is 1. The number of hydrogen-bond acceptors (Lipinski definition) is 5. The first-order valence-corrected chi connectivity index (χ1v) is 3.78. The summed E-state index contributed by atoms with van der Waals surface area (Å²) < 4.78 is 4.98. The highest BCUT2D eigenvalue weighted by Crippen LogP contribution is 2.22. The Hall–Kier alpha value is -1.91. The first kappa shape index (κ1) is 7.72. The van der Waals surface area contributed by atoms with Crippen molar-refractivity contribution in [2.45, 2.75) is 6.92 Å². The van der Waals surface area contributed by atoms with Gasteiger partial charge in [-0.15, -0.1) is 0 Å².